The highest BCUT2D eigenvalue weighted by Gasteiger charge is 2.06. The molecule has 0 saturated carbocycles. The summed E-state index contributed by atoms with van der Waals surface area (Å²) in [4.78, 5) is 13.3. The van der Waals surface area contributed by atoms with E-state index >= 15 is 0 Å². The van der Waals surface area contributed by atoms with E-state index in [2.05, 4.69) is 43.1 Å². The first kappa shape index (κ1) is 15.6. The largest absolute Gasteiger partial charge is 0.370 e. The Kier molecular flexibility index (Phi) is 6.12. The van der Waals surface area contributed by atoms with Gasteiger partial charge in [-0.25, -0.2) is 15.0 Å². The van der Waals surface area contributed by atoms with Crippen LogP contribution in [0.3, 0.4) is 0 Å². The maximum absolute atomic E-state index is 4.50. The van der Waals surface area contributed by atoms with Crippen LogP contribution in [0.15, 0.2) is 44.1 Å². The molecule has 0 unspecified atom stereocenters. The molecule has 20 heavy (non-hydrogen) atoms. The Morgan fingerprint density at radius 2 is 2.10 bits per heavy atom. The number of rotatable bonds is 6. The van der Waals surface area contributed by atoms with Crippen LogP contribution < -0.4 is 5.32 Å². The van der Waals surface area contributed by atoms with Crippen molar-refractivity contribution in [3.8, 4) is 0 Å². The number of hydrogen-bond acceptors (Lipinski definition) is 6. The lowest BCUT2D eigenvalue weighted by molar-refractivity contribution is 0.877. The average Bonchev–Trinajstić information content (AvgIpc) is 2.47. The van der Waals surface area contributed by atoms with E-state index in [1.54, 1.807) is 18.0 Å². The van der Waals surface area contributed by atoms with Crippen molar-refractivity contribution in [1.82, 2.24) is 15.0 Å². The fourth-order valence-corrected chi connectivity index (χ4v) is 2.85. The predicted molar refractivity (Wildman–Crippen MR) is 88.7 cm³/mol. The van der Waals surface area contributed by atoms with Gasteiger partial charge in [-0.3, -0.25) is 0 Å². The summed E-state index contributed by atoms with van der Waals surface area (Å²) in [6.07, 6.45) is 4.83. The Hall–Kier alpha value is -0.790. The quantitative estimate of drug-likeness (QED) is 0.463. The minimum absolute atomic E-state index is 0.769. The van der Waals surface area contributed by atoms with Crippen LogP contribution >= 0.6 is 39.5 Å². The minimum atomic E-state index is 0.769. The van der Waals surface area contributed by atoms with Gasteiger partial charge in [-0.1, -0.05) is 18.7 Å². The molecule has 0 radical (unpaired) electrons. The van der Waals surface area contributed by atoms with Crippen molar-refractivity contribution in [3.63, 3.8) is 0 Å². The number of thioether (sulfide) groups is 1. The summed E-state index contributed by atoms with van der Waals surface area (Å²) >= 11 is 6.46. The van der Waals surface area contributed by atoms with Crippen molar-refractivity contribution in [2.45, 2.75) is 28.6 Å². The predicted octanol–water partition coefficient (Wildman–Crippen LogP) is 4.33. The molecule has 4 nitrogen and oxygen atoms in total. The molecule has 0 aliphatic rings. The van der Waals surface area contributed by atoms with Gasteiger partial charge in [0.15, 0.2) is 5.16 Å². The highest BCUT2D eigenvalue weighted by Crippen LogP contribution is 2.28. The molecule has 0 bridgehead atoms. The summed E-state index contributed by atoms with van der Waals surface area (Å²) in [5.41, 5.74) is 0. The topological polar surface area (TPSA) is 50.7 Å². The zero-order valence-electron chi connectivity index (χ0n) is 11.3. The minimum Gasteiger partial charge on any atom is -0.370 e. The molecule has 0 aromatic carbocycles. The molecule has 1 N–H and O–H groups in total. The van der Waals surface area contributed by atoms with Crippen LogP contribution in [-0.4, -0.2) is 27.8 Å². The van der Waals surface area contributed by atoms with Crippen molar-refractivity contribution in [2.75, 3.05) is 18.1 Å². The number of hydrogen-bond donors (Lipinski definition) is 1. The third kappa shape index (κ3) is 4.64. The number of aromatic nitrogens is 3. The lowest BCUT2D eigenvalue weighted by Gasteiger charge is -2.07. The molecule has 2 aromatic heterocycles. The molecule has 0 fully saturated rings. The van der Waals surface area contributed by atoms with Crippen molar-refractivity contribution in [2.24, 2.45) is 0 Å². The molecule has 2 aromatic rings. The monoisotopic (exact) mass is 370 g/mol. The lowest BCUT2D eigenvalue weighted by Crippen LogP contribution is -2.03. The first-order valence-electron chi connectivity index (χ1n) is 6.17. The first-order chi connectivity index (χ1) is 9.71. The molecule has 0 amide bonds. The van der Waals surface area contributed by atoms with Gasteiger partial charge < -0.3 is 5.32 Å². The third-order valence-corrected chi connectivity index (χ3v) is 4.22. The van der Waals surface area contributed by atoms with Crippen LogP contribution in [0.4, 0.5) is 5.82 Å². The van der Waals surface area contributed by atoms with Gasteiger partial charge in [-0.15, -0.1) is 0 Å². The number of pyridine rings is 1. The summed E-state index contributed by atoms with van der Waals surface area (Å²) in [7, 11) is 0. The zero-order valence-corrected chi connectivity index (χ0v) is 14.5. The van der Waals surface area contributed by atoms with Gasteiger partial charge in [0.2, 0.25) is 0 Å². The Morgan fingerprint density at radius 3 is 2.75 bits per heavy atom. The highest BCUT2D eigenvalue weighted by atomic mass is 79.9. The van der Waals surface area contributed by atoms with Gasteiger partial charge in [0.05, 0.1) is 0 Å². The molecule has 0 atom stereocenters. The summed E-state index contributed by atoms with van der Waals surface area (Å²) in [6, 6.07) is 5.90. The van der Waals surface area contributed by atoms with E-state index < -0.39 is 0 Å². The van der Waals surface area contributed by atoms with Gasteiger partial charge in [0.25, 0.3) is 0 Å². The van der Waals surface area contributed by atoms with Crippen LogP contribution in [-0.2, 0) is 0 Å². The van der Waals surface area contributed by atoms with E-state index in [4.69, 9.17) is 0 Å². The van der Waals surface area contributed by atoms with Crippen molar-refractivity contribution in [1.29, 1.82) is 0 Å². The van der Waals surface area contributed by atoms with E-state index in [-0.39, 0.29) is 0 Å². The molecular weight excluding hydrogens is 356 g/mol. The van der Waals surface area contributed by atoms with E-state index in [0.29, 0.717) is 0 Å². The van der Waals surface area contributed by atoms with Crippen LogP contribution in [0.1, 0.15) is 13.3 Å². The molecule has 0 saturated heterocycles. The molecule has 0 spiro atoms. The SMILES string of the molecule is CCCNc1cc(Sc2ccc(Br)cn2)nc(SC)n1. The van der Waals surface area contributed by atoms with Crippen molar-refractivity contribution >= 4 is 45.3 Å². The maximum atomic E-state index is 4.50. The van der Waals surface area contributed by atoms with E-state index in [1.165, 1.54) is 11.8 Å². The number of nitrogens with zero attached hydrogens (tertiary/aromatic N) is 3. The second kappa shape index (κ2) is 7.85. The second-order valence-electron chi connectivity index (χ2n) is 3.92. The molecule has 7 heteroatoms. The van der Waals surface area contributed by atoms with Crippen LogP contribution in [0.25, 0.3) is 0 Å². The Balaban J connectivity index is 2.19. The second-order valence-corrected chi connectivity index (χ2v) is 6.65. The highest BCUT2D eigenvalue weighted by molar-refractivity contribution is 9.10. The van der Waals surface area contributed by atoms with Gasteiger partial charge in [0, 0.05) is 23.3 Å². The van der Waals surface area contributed by atoms with Gasteiger partial charge in [-0.2, -0.15) is 0 Å². The Labute approximate surface area is 135 Å². The summed E-state index contributed by atoms with van der Waals surface area (Å²) in [5, 5.41) is 5.89. The van der Waals surface area contributed by atoms with Crippen LogP contribution in [0.2, 0.25) is 0 Å². The van der Waals surface area contributed by atoms with Crippen molar-refractivity contribution < 1.29 is 0 Å². The Bertz CT molecular complexity index is 563. The van der Waals surface area contributed by atoms with Crippen LogP contribution in [0.5, 0.6) is 0 Å². The van der Waals surface area contributed by atoms with Gasteiger partial charge in [-0.05, 0) is 52.5 Å². The van der Waals surface area contributed by atoms with E-state index in [0.717, 1.165) is 38.5 Å². The molecule has 2 rings (SSSR count). The van der Waals surface area contributed by atoms with Crippen LogP contribution in [0, 0.1) is 0 Å². The summed E-state index contributed by atoms with van der Waals surface area (Å²) in [5.74, 6) is 0.866. The van der Waals surface area contributed by atoms with Gasteiger partial charge in [0.1, 0.15) is 15.9 Å². The number of anilines is 1. The smallest absolute Gasteiger partial charge is 0.190 e. The van der Waals surface area contributed by atoms with E-state index in [9.17, 15) is 0 Å². The first-order valence-corrected chi connectivity index (χ1v) is 9.01. The number of halogens is 1. The fraction of sp³-hybridized carbons (Fsp3) is 0.308. The third-order valence-electron chi connectivity index (χ3n) is 2.33. The maximum Gasteiger partial charge on any atom is 0.190 e. The molecule has 106 valence electrons. The summed E-state index contributed by atoms with van der Waals surface area (Å²) in [6.45, 7) is 3.04. The molecule has 0 aliphatic carbocycles. The van der Waals surface area contributed by atoms with Crippen molar-refractivity contribution in [3.05, 3.63) is 28.9 Å². The zero-order chi connectivity index (χ0) is 14.4. The fourth-order valence-electron chi connectivity index (χ4n) is 1.42. The van der Waals surface area contributed by atoms with Gasteiger partial charge >= 0.3 is 0 Å². The van der Waals surface area contributed by atoms with E-state index in [1.807, 2.05) is 24.5 Å². The standard InChI is InChI=1S/C13H15BrN4S2/c1-3-6-15-10-7-12(18-13(17-10)19-2)20-11-5-4-9(14)8-16-11/h4-5,7-8H,3,6H2,1-2H3,(H,15,17,18). The molecular formula is C13H15BrN4S2. The molecule has 2 heterocycles. The Morgan fingerprint density at radius 1 is 1.25 bits per heavy atom. The lowest BCUT2D eigenvalue weighted by atomic mass is 10.4. The normalized spacial score (nSPS) is 10.6. The summed E-state index contributed by atoms with van der Waals surface area (Å²) < 4.78 is 0.972. The number of nitrogens with one attached hydrogen (secondary N) is 1. The molecule has 0 aliphatic heterocycles. The average molecular weight is 371 g/mol.